The van der Waals surface area contributed by atoms with Gasteiger partial charge in [0.1, 0.15) is 0 Å². The van der Waals surface area contributed by atoms with Crippen LogP contribution in [0.15, 0.2) is 73.1 Å². The molecule has 0 aliphatic rings. The number of nitrogen functional groups attached to an aromatic ring is 2. The molecule has 0 aliphatic carbocycles. The molecule has 0 radical (unpaired) electrons. The van der Waals surface area contributed by atoms with E-state index in [1.165, 1.54) is 12.1 Å². The number of carbonyl (C=O) groups excluding carboxylic acids is 2. The standard InChI is InChI=1S/C46H52N6O10/c1-27-31(11-13-33(47)37(27)45(55)56)43(53)41-29(3)39(35-9-5-7-17-51(35)41)49-15-19-59-21-23-61-25-26-62-24-22-60-20-16-50-40-30(4)42(52-18-8-6-10-36(40)52)44(54)32-12-14-34(48)38(28(32)2)46(57)58/h5-14,17-18,49-50H,15-16,19-26,47-48H2,1-4H3,(H,55,56)(H,57,58). The van der Waals surface area contributed by atoms with E-state index < -0.39 is 11.9 Å². The predicted octanol–water partition coefficient (Wildman–Crippen LogP) is 6.04. The lowest BCUT2D eigenvalue weighted by Gasteiger charge is -2.11. The number of anilines is 4. The molecule has 0 saturated carbocycles. The van der Waals surface area contributed by atoms with E-state index in [1.807, 2.05) is 50.2 Å². The van der Waals surface area contributed by atoms with Crippen molar-refractivity contribution < 1.29 is 48.3 Å². The molecule has 326 valence electrons. The Hall–Kier alpha value is -6.72. The number of nitrogens with two attached hydrogens (primary N) is 2. The second kappa shape index (κ2) is 20.2. The summed E-state index contributed by atoms with van der Waals surface area (Å²) in [6.07, 6.45) is 3.61. The van der Waals surface area contributed by atoms with Gasteiger partial charge >= 0.3 is 11.9 Å². The molecule has 0 spiro atoms. The lowest BCUT2D eigenvalue weighted by Crippen LogP contribution is -2.16. The number of pyridine rings is 2. The van der Waals surface area contributed by atoms with E-state index in [1.54, 1.807) is 47.2 Å². The Bertz CT molecular complexity index is 2450. The Labute approximate surface area is 358 Å². The number of carbonyl (C=O) groups is 4. The van der Waals surface area contributed by atoms with E-state index in [4.69, 9.17) is 30.4 Å². The summed E-state index contributed by atoms with van der Waals surface area (Å²) in [4.78, 5) is 51.3. The first kappa shape index (κ1) is 44.8. The number of hydrogen-bond donors (Lipinski definition) is 6. The highest BCUT2D eigenvalue weighted by Gasteiger charge is 2.27. The molecule has 0 bridgehead atoms. The quantitative estimate of drug-likeness (QED) is 0.0245. The third-order valence-corrected chi connectivity index (χ3v) is 10.7. The van der Waals surface area contributed by atoms with Crippen molar-refractivity contribution in [3.05, 3.63) is 129 Å². The van der Waals surface area contributed by atoms with Gasteiger partial charge in [-0.1, -0.05) is 12.1 Å². The Morgan fingerprint density at radius 3 is 1.23 bits per heavy atom. The molecule has 0 atom stereocenters. The van der Waals surface area contributed by atoms with Crippen LogP contribution in [0.2, 0.25) is 0 Å². The molecule has 0 saturated heterocycles. The van der Waals surface area contributed by atoms with Crippen LogP contribution in [-0.2, 0) is 18.9 Å². The predicted molar refractivity (Wildman–Crippen MR) is 236 cm³/mol. The van der Waals surface area contributed by atoms with Crippen LogP contribution in [0.1, 0.15) is 75.1 Å². The van der Waals surface area contributed by atoms with E-state index in [0.29, 0.717) is 88.5 Å². The number of carboxylic acid groups (broad SMARTS) is 2. The molecule has 16 nitrogen and oxygen atoms in total. The fourth-order valence-corrected chi connectivity index (χ4v) is 7.71. The van der Waals surface area contributed by atoms with Crippen molar-refractivity contribution in [2.24, 2.45) is 0 Å². The van der Waals surface area contributed by atoms with Gasteiger partial charge in [-0.15, -0.1) is 0 Å². The molecule has 8 N–H and O–H groups in total. The van der Waals surface area contributed by atoms with Crippen molar-refractivity contribution in [3.8, 4) is 0 Å². The third kappa shape index (κ3) is 9.43. The van der Waals surface area contributed by atoms with Crippen LogP contribution < -0.4 is 22.1 Å². The number of fused-ring (bicyclic) bond motifs is 2. The molecular formula is C46H52N6O10. The number of carboxylic acids is 2. The molecule has 0 unspecified atom stereocenters. The highest BCUT2D eigenvalue weighted by Crippen LogP contribution is 2.33. The van der Waals surface area contributed by atoms with Crippen LogP contribution in [0.4, 0.5) is 22.7 Å². The van der Waals surface area contributed by atoms with E-state index in [0.717, 1.165) is 33.5 Å². The van der Waals surface area contributed by atoms with Crippen molar-refractivity contribution in [1.29, 1.82) is 0 Å². The maximum atomic E-state index is 13.8. The number of nitrogens with zero attached hydrogens (tertiary/aromatic N) is 2. The largest absolute Gasteiger partial charge is 0.478 e. The minimum Gasteiger partial charge on any atom is -0.478 e. The molecule has 0 fully saturated rings. The first-order valence-electron chi connectivity index (χ1n) is 20.2. The Kier molecular flexibility index (Phi) is 14.6. The van der Waals surface area contributed by atoms with Crippen molar-refractivity contribution in [3.63, 3.8) is 0 Å². The second-order valence-corrected chi connectivity index (χ2v) is 14.6. The van der Waals surface area contributed by atoms with Crippen molar-refractivity contribution in [2.45, 2.75) is 27.7 Å². The summed E-state index contributed by atoms with van der Waals surface area (Å²) in [5.41, 5.74) is 18.6. The number of aromatic nitrogens is 2. The van der Waals surface area contributed by atoms with Gasteiger partial charge in [-0.05, 0) is 87.4 Å². The minimum atomic E-state index is -1.18. The summed E-state index contributed by atoms with van der Waals surface area (Å²) < 4.78 is 26.4. The summed E-state index contributed by atoms with van der Waals surface area (Å²) in [5.74, 6) is -2.97. The van der Waals surface area contributed by atoms with Crippen LogP contribution in [0.3, 0.4) is 0 Å². The van der Waals surface area contributed by atoms with E-state index in [2.05, 4.69) is 10.6 Å². The summed E-state index contributed by atoms with van der Waals surface area (Å²) in [5, 5.41) is 26.1. The van der Waals surface area contributed by atoms with Crippen LogP contribution in [0, 0.1) is 27.7 Å². The summed E-state index contributed by atoms with van der Waals surface area (Å²) >= 11 is 0. The number of ketones is 2. The first-order valence-corrected chi connectivity index (χ1v) is 20.2. The average molecular weight is 849 g/mol. The zero-order chi connectivity index (χ0) is 44.5. The Balaban J connectivity index is 0.870. The molecule has 0 amide bonds. The maximum absolute atomic E-state index is 13.8. The minimum absolute atomic E-state index is 0.0759. The fraction of sp³-hybridized carbons (Fsp3) is 0.304. The third-order valence-electron chi connectivity index (χ3n) is 10.7. The van der Waals surface area contributed by atoms with Crippen LogP contribution >= 0.6 is 0 Å². The number of nitrogens with one attached hydrogen (secondary N) is 2. The molecule has 6 rings (SSSR count). The lowest BCUT2D eigenvalue weighted by molar-refractivity contribution is 0.000301. The summed E-state index contributed by atoms with van der Waals surface area (Å²) in [6, 6.07) is 17.3. The second-order valence-electron chi connectivity index (χ2n) is 14.6. The number of hydrogen-bond acceptors (Lipinski definition) is 12. The zero-order valence-corrected chi connectivity index (χ0v) is 35.2. The van der Waals surface area contributed by atoms with Crippen molar-refractivity contribution >= 4 is 57.3 Å². The van der Waals surface area contributed by atoms with Gasteiger partial charge in [-0.2, -0.15) is 0 Å². The lowest BCUT2D eigenvalue weighted by atomic mass is 9.95. The molecule has 4 aromatic heterocycles. The van der Waals surface area contributed by atoms with Gasteiger partial charge in [-0.3, -0.25) is 9.59 Å². The zero-order valence-electron chi connectivity index (χ0n) is 35.2. The van der Waals surface area contributed by atoms with E-state index >= 15 is 0 Å². The van der Waals surface area contributed by atoms with Gasteiger partial charge in [0.2, 0.25) is 11.6 Å². The molecule has 0 aliphatic heterocycles. The molecular weight excluding hydrogens is 797 g/mol. The van der Waals surface area contributed by atoms with Gasteiger partial charge in [0, 0.05) is 59.1 Å². The van der Waals surface area contributed by atoms with E-state index in [9.17, 15) is 29.4 Å². The molecule has 62 heavy (non-hydrogen) atoms. The highest BCUT2D eigenvalue weighted by molar-refractivity contribution is 6.15. The number of benzene rings is 2. The van der Waals surface area contributed by atoms with Crippen molar-refractivity contribution in [1.82, 2.24) is 8.80 Å². The number of rotatable bonds is 23. The Morgan fingerprint density at radius 1 is 0.516 bits per heavy atom. The normalized spacial score (nSPS) is 11.4. The fourth-order valence-electron chi connectivity index (χ4n) is 7.71. The topological polar surface area (TPSA) is 231 Å². The average Bonchev–Trinajstić information content (AvgIpc) is 3.68. The molecule has 2 aromatic carbocycles. The maximum Gasteiger partial charge on any atom is 0.338 e. The molecule has 4 heterocycles. The van der Waals surface area contributed by atoms with Crippen LogP contribution in [-0.4, -0.2) is 108 Å². The number of ether oxygens (including phenoxy) is 4. The molecule has 16 heteroatoms. The van der Waals surface area contributed by atoms with Gasteiger partial charge in [-0.25, -0.2) is 9.59 Å². The van der Waals surface area contributed by atoms with Gasteiger partial charge in [0.15, 0.2) is 0 Å². The Morgan fingerprint density at radius 2 is 0.871 bits per heavy atom. The first-order chi connectivity index (χ1) is 29.8. The van der Waals surface area contributed by atoms with Gasteiger partial charge in [0.25, 0.3) is 0 Å². The monoisotopic (exact) mass is 848 g/mol. The summed E-state index contributed by atoms with van der Waals surface area (Å²) in [7, 11) is 0. The van der Waals surface area contributed by atoms with E-state index in [-0.39, 0.29) is 45.2 Å². The van der Waals surface area contributed by atoms with Gasteiger partial charge < -0.3 is 60.1 Å². The van der Waals surface area contributed by atoms with Crippen molar-refractivity contribution in [2.75, 3.05) is 88.0 Å². The molecule has 6 aromatic rings. The van der Waals surface area contributed by atoms with Gasteiger partial charge in [0.05, 0.1) is 97.8 Å². The smallest absolute Gasteiger partial charge is 0.338 e. The SMILES string of the molecule is Cc1c(C(=O)c2c(C)c(NCCOCCOCCOCCOCCNc3c(C)c(C(=O)c4ccc(N)c(C(=O)O)c4C)n4ccccc34)c3ccccn23)ccc(N)c1C(=O)O. The summed E-state index contributed by atoms with van der Waals surface area (Å²) in [6.45, 7) is 11.0. The highest BCUT2D eigenvalue weighted by atomic mass is 16.6. The van der Waals surface area contributed by atoms with Crippen LogP contribution in [0.5, 0.6) is 0 Å². The van der Waals surface area contributed by atoms with Crippen LogP contribution in [0.25, 0.3) is 11.0 Å². The number of aromatic carboxylic acids is 2.